The van der Waals surface area contributed by atoms with Crippen molar-refractivity contribution in [3.8, 4) is 5.75 Å². The van der Waals surface area contributed by atoms with Crippen molar-refractivity contribution in [2.45, 2.75) is 26.4 Å². The van der Waals surface area contributed by atoms with Crippen LogP contribution < -0.4 is 10.1 Å². The number of rotatable bonds is 7. The minimum atomic E-state index is -0.0227. The van der Waals surface area contributed by atoms with Crippen LogP contribution in [0.4, 0.5) is 10.5 Å². The minimum absolute atomic E-state index is 0.0227. The standard InChI is InChI=1S/C19H32N4O2/c1-16(2)25-18-8-6-17(7-9-18)20-19(24)23-14-12-22(13-15-23)11-5-10-21(3)4/h6-9,16H,5,10-15H2,1-4H3,(H,20,24). The maximum absolute atomic E-state index is 12.4. The molecule has 1 aromatic rings. The molecule has 0 bridgehead atoms. The lowest BCUT2D eigenvalue weighted by atomic mass is 10.3. The van der Waals surface area contributed by atoms with Gasteiger partial charge in [0.1, 0.15) is 5.75 Å². The summed E-state index contributed by atoms with van der Waals surface area (Å²) < 4.78 is 5.62. The van der Waals surface area contributed by atoms with Gasteiger partial charge in [-0.05, 0) is 71.7 Å². The predicted octanol–water partition coefficient (Wildman–Crippen LogP) is 2.58. The lowest BCUT2D eigenvalue weighted by molar-refractivity contribution is 0.144. The summed E-state index contributed by atoms with van der Waals surface area (Å²) in [4.78, 5) is 18.9. The zero-order valence-corrected chi connectivity index (χ0v) is 16.0. The van der Waals surface area contributed by atoms with E-state index in [4.69, 9.17) is 4.74 Å². The van der Waals surface area contributed by atoms with Crippen LogP contribution in [0.3, 0.4) is 0 Å². The van der Waals surface area contributed by atoms with Crippen LogP contribution in [0.25, 0.3) is 0 Å². The molecule has 1 N–H and O–H groups in total. The van der Waals surface area contributed by atoms with Crippen LogP contribution in [0.1, 0.15) is 20.3 Å². The van der Waals surface area contributed by atoms with Gasteiger partial charge in [0.2, 0.25) is 0 Å². The summed E-state index contributed by atoms with van der Waals surface area (Å²) in [6.45, 7) is 9.66. The molecule has 0 radical (unpaired) electrons. The quantitative estimate of drug-likeness (QED) is 0.823. The minimum Gasteiger partial charge on any atom is -0.491 e. The molecule has 0 spiro atoms. The summed E-state index contributed by atoms with van der Waals surface area (Å²) in [5, 5.41) is 2.97. The molecule has 6 nitrogen and oxygen atoms in total. The number of nitrogens with one attached hydrogen (secondary N) is 1. The van der Waals surface area contributed by atoms with Gasteiger partial charge in [0.15, 0.2) is 0 Å². The molecule has 1 heterocycles. The summed E-state index contributed by atoms with van der Waals surface area (Å²) >= 11 is 0. The Morgan fingerprint density at radius 3 is 2.36 bits per heavy atom. The Bertz CT molecular complexity index is 523. The summed E-state index contributed by atoms with van der Waals surface area (Å²) in [6, 6.07) is 7.52. The molecule has 1 aliphatic rings. The van der Waals surface area contributed by atoms with E-state index in [1.54, 1.807) is 0 Å². The third kappa shape index (κ3) is 6.92. The van der Waals surface area contributed by atoms with Crippen LogP contribution in [-0.2, 0) is 0 Å². The number of piperazine rings is 1. The fourth-order valence-corrected chi connectivity index (χ4v) is 2.88. The van der Waals surface area contributed by atoms with Gasteiger partial charge in [-0.1, -0.05) is 0 Å². The van der Waals surface area contributed by atoms with E-state index in [1.807, 2.05) is 43.0 Å². The average molecular weight is 348 g/mol. The summed E-state index contributed by atoms with van der Waals surface area (Å²) in [6.07, 6.45) is 1.32. The molecule has 140 valence electrons. The molecular weight excluding hydrogens is 316 g/mol. The highest BCUT2D eigenvalue weighted by Crippen LogP contribution is 2.17. The van der Waals surface area contributed by atoms with E-state index in [0.717, 1.165) is 50.7 Å². The molecule has 6 heteroatoms. The molecule has 2 amide bonds. The molecule has 0 aliphatic carbocycles. The maximum Gasteiger partial charge on any atom is 0.321 e. The van der Waals surface area contributed by atoms with Crippen molar-refractivity contribution < 1.29 is 9.53 Å². The van der Waals surface area contributed by atoms with Crippen LogP contribution in [-0.4, -0.2) is 80.2 Å². The van der Waals surface area contributed by atoms with E-state index in [-0.39, 0.29) is 12.1 Å². The average Bonchev–Trinajstić information content (AvgIpc) is 2.56. The van der Waals surface area contributed by atoms with Gasteiger partial charge >= 0.3 is 6.03 Å². The van der Waals surface area contributed by atoms with Gasteiger partial charge in [0.05, 0.1) is 6.10 Å². The number of hydrogen-bond acceptors (Lipinski definition) is 4. The van der Waals surface area contributed by atoms with E-state index in [1.165, 1.54) is 6.42 Å². The molecule has 0 saturated carbocycles. The van der Waals surface area contributed by atoms with Gasteiger partial charge in [0.25, 0.3) is 0 Å². The Morgan fingerprint density at radius 2 is 1.80 bits per heavy atom. The SMILES string of the molecule is CC(C)Oc1ccc(NC(=O)N2CCN(CCCN(C)C)CC2)cc1. The molecular formula is C19H32N4O2. The van der Waals surface area contributed by atoms with Crippen molar-refractivity contribution in [2.75, 3.05) is 58.7 Å². The number of hydrogen-bond donors (Lipinski definition) is 1. The van der Waals surface area contributed by atoms with Crippen LogP contribution in [0.2, 0.25) is 0 Å². The van der Waals surface area contributed by atoms with Crippen LogP contribution in [0.5, 0.6) is 5.75 Å². The highest BCUT2D eigenvalue weighted by molar-refractivity contribution is 5.89. The van der Waals surface area contributed by atoms with Crippen molar-refractivity contribution in [3.05, 3.63) is 24.3 Å². The van der Waals surface area contributed by atoms with E-state index in [0.29, 0.717) is 0 Å². The third-order valence-corrected chi connectivity index (χ3v) is 4.22. The number of carbonyl (C=O) groups is 1. The summed E-state index contributed by atoms with van der Waals surface area (Å²) in [7, 11) is 4.20. The van der Waals surface area contributed by atoms with Gasteiger partial charge in [-0.15, -0.1) is 0 Å². The smallest absolute Gasteiger partial charge is 0.321 e. The first-order valence-corrected chi connectivity index (χ1v) is 9.14. The molecule has 1 aromatic carbocycles. The highest BCUT2D eigenvalue weighted by atomic mass is 16.5. The van der Waals surface area contributed by atoms with E-state index in [9.17, 15) is 4.79 Å². The number of benzene rings is 1. The molecule has 0 atom stereocenters. The normalized spacial score (nSPS) is 15.7. The summed E-state index contributed by atoms with van der Waals surface area (Å²) in [5.41, 5.74) is 0.800. The van der Waals surface area contributed by atoms with Crippen molar-refractivity contribution in [1.29, 1.82) is 0 Å². The van der Waals surface area contributed by atoms with Gasteiger partial charge in [-0.3, -0.25) is 4.90 Å². The van der Waals surface area contributed by atoms with Crippen LogP contribution in [0.15, 0.2) is 24.3 Å². The van der Waals surface area contributed by atoms with E-state index in [2.05, 4.69) is 29.2 Å². The lowest BCUT2D eigenvalue weighted by Gasteiger charge is -2.34. The number of carbonyl (C=O) groups excluding carboxylic acids is 1. The van der Waals surface area contributed by atoms with Crippen molar-refractivity contribution in [2.24, 2.45) is 0 Å². The molecule has 1 aliphatic heterocycles. The first kappa shape index (κ1) is 19.5. The topological polar surface area (TPSA) is 48.1 Å². The van der Waals surface area contributed by atoms with Gasteiger partial charge < -0.3 is 19.9 Å². The zero-order valence-electron chi connectivity index (χ0n) is 16.0. The van der Waals surface area contributed by atoms with Crippen molar-refractivity contribution in [3.63, 3.8) is 0 Å². The second-order valence-corrected chi connectivity index (χ2v) is 7.11. The van der Waals surface area contributed by atoms with Crippen molar-refractivity contribution in [1.82, 2.24) is 14.7 Å². The largest absolute Gasteiger partial charge is 0.491 e. The molecule has 0 aromatic heterocycles. The number of nitrogens with zero attached hydrogens (tertiary/aromatic N) is 3. The number of urea groups is 1. The highest BCUT2D eigenvalue weighted by Gasteiger charge is 2.20. The maximum atomic E-state index is 12.4. The Hall–Kier alpha value is -1.79. The molecule has 2 rings (SSSR count). The van der Waals surface area contributed by atoms with E-state index >= 15 is 0 Å². The predicted molar refractivity (Wildman–Crippen MR) is 102 cm³/mol. The first-order valence-electron chi connectivity index (χ1n) is 9.14. The molecule has 25 heavy (non-hydrogen) atoms. The second kappa shape index (κ2) is 9.63. The Morgan fingerprint density at radius 1 is 1.16 bits per heavy atom. The van der Waals surface area contributed by atoms with Gasteiger partial charge in [-0.2, -0.15) is 0 Å². The lowest BCUT2D eigenvalue weighted by Crippen LogP contribution is -2.50. The second-order valence-electron chi connectivity index (χ2n) is 7.11. The number of anilines is 1. The number of amides is 2. The Labute approximate surface area is 151 Å². The fourth-order valence-electron chi connectivity index (χ4n) is 2.88. The zero-order chi connectivity index (χ0) is 18.2. The monoisotopic (exact) mass is 348 g/mol. The summed E-state index contributed by atoms with van der Waals surface area (Å²) in [5.74, 6) is 0.819. The number of ether oxygens (including phenoxy) is 1. The fraction of sp³-hybridized carbons (Fsp3) is 0.632. The van der Waals surface area contributed by atoms with Gasteiger partial charge in [0, 0.05) is 31.9 Å². The first-order chi connectivity index (χ1) is 11.9. The third-order valence-electron chi connectivity index (χ3n) is 4.22. The van der Waals surface area contributed by atoms with Crippen LogP contribution >= 0.6 is 0 Å². The Balaban J connectivity index is 1.73. The van der Waals surface area contributed by atoms with Crippen molar-refractivity contribution >= 4 is 11.7 Å². The molecule has 1 fully saturated rings. The van der Waals surface area contributed by atoms with E-state index < -0.39 is 0 Å². The molecule has 1 saturated heterocycles. The molecule has 0 unspecified atom stereocenters. The van der Waals surface area contributed by atoms with Gasteiger partial charge in [-0.25, -0.2) is 4.79 Å². The van der Waals surface area contributed by atoms with Crippen LogP contribution in [0, 0.1) is 0 Å². The Kier molecular flexibility index (Phi) is 7.52.